The van der Waals surface area contributed by atoms with Crippen molar-refractivity contribution in [3.63, 3.8) is 0 Å². The van der Waals surface area contributed by atoms with Gasteiger partial charge >= 0.3 is 0 Å². The number of aryl methyl sites for hydroxylation is 2. The SMILES string of the molecule is Cc1ccc(C)c(C2CCC(F)(F)C2)c1. The molecule has 0 saturated heterocycles. The Labute approximate surface area is 89.3 Å². The molecule has 1 unspecified atom stereocenters. The summed E-state index contributed by atoms with van der Waals surface area (Å²) in [5.74, 6) is -2.39. The Morgan fingerprint density at radius 3 is 2.60 bits per heavy atom. The van der Waals surface area contributed by atoms with Crippen LogP contribution in [0.4, 0.5) is 8.78 Å². The Kier molecular flexibility index (Phi) is 2.53. The lowest BCUT2D eigenvalue weighted by atomic mass is 9.92. The summed E-state index contributed by atoms with van der Waals surface area (Å²) in [5.41, 5.74) is 3.42. The first kappa shape index (κ1) is 10.6. The van der Waals surface area contributed by atoms with Crippen LogP contribution in [0, 0.1) is 13.8 Å². The van der Waals surface area contributed by atoms with E-state index in [-0.39, 0.29) is 18.8 Å². The molecule has 0 N–H and O–H groups in total. The standard InChI is InChI=1S/C13H16F2/c1-9-3-4-10(2)12(7-9)11-5-6-13(14,15)8-11/h3-4,7,11H,5-6,8H2,1-2H3. The maximum Gasteiger partial charge on any atom is 0.248 e. The Morgan fingerprint density at radius 1 is 1.27 bits per heavy atom. The Morgan fingerprint density at radius 2 is 2.00 bits per heavy atom. The molecule has 0 nitrogen and oxygen atoms in total. The van der Waals surface area contributed by atoms with Crippen molar-refractivity contribution in [2.24, 2.45) is 0 Å². The highest BCUT2D eigenvalue weighted by atomic mass is 19.3. The predicted molar refractivity (Wildman–Crippen MR) is 57.5 cm³/mol. The minimum atomic E-state index is -2.44. The summed E-state index contributed by atoms with van der Waals surface area (Å²) in [5, 5.41) is 0. The van der Waals surface area contributed by atoms with Gasteiger partial charge in [0.25, 0.3) is 0 Å². The van der Waals surface area contributed by atoms with E-state index >= 15 is 0 Å². The van der Waals surface area contributed by atoms with Gasteiger partial charge in [0.05, 0.1) is 0 Å². The van der Waals surface area contributed by atoms with E-state index < -0.39 is 5.92 Å². The van der Waals surface area contributed by atoms with Gasteiger partial charge in [0.1, 0.15) is 0 Å². The lowest BCUT2D eigenvalue weighted by Gasteiger charge is -2.14. The maximum absolute atomic E-state index is 13.1. The molecule has 0 heterocycles. The molecule has 2 rings (SSSR count). The number of halogens is 2. The summed E-state index contributed by atoms with van der Waals surface area (Å²) in [6.07, 6.45) is 0.694. The number of rotatable bonds is 1. The van der Waals surface area contributed by atoms with E-state index in [1.807, 2.05) is 26.0 Å². The minimum Gasteiger partial charge on any atom is -0.207 e. The van der Waals surface area contributed by atoms with Crippen LogP contribution in [0.5, 0.6) is 0 Å². The average Bonchev–Trinajstić information content (AvgIpc) is 2.50. The third-order valence-corrected chi connectivity index (χ3v) is 3.28. The van der Waals surface area contributed by atoms with Gasteiger partial charge in [-0.05, 0) is 37.3 Å². The molecular weight excluding hydrogens is 194 g/mol. The van der Waals surface area contributed by atoms with Gasteiger partial charge in [-0.1, -0.05) is 23.8 Å². The fourth-order valence-electron chi connectivity index (χ4n) is 2.42. The van der Waals surface area contributed by atoms with Crippen LogP contribution in [0.3, 0.4) is 0 Å². The van der Waals surface area contributed by atoms with Gasteiger partial charge in [0.2, 0.25) is 5.92 Å². The molecule has 1 saturated carbocycles. The van der Waals surface area contributed by atoms with Crippen LogP contribution in [-0.2, 0) is 0 Å². The molecule has 0 bridgehead atoms. The van der Waals surface area contributed by atoms with E-state index in [9.17, 15) is 8.78 Å². The van der Waals surface area contributed by atoms with Gasteiger partial charge in [-0.2, -0.15) is 0 Å². The van der Waals surface area contributed by atoms with E-state index in [0.717, 1.165) is 16.7 Å². The van der Waals surface area contributed by atoms with Crippen LogP contribution >= 0.6 is 0 Å². The first-order valence-corrected chi connectivity index (χ1v) is 5.43. The van der Waals surface area contributed by atoms with Crippen molar-refractivity contribution in [2.75, 3.05) is 0 Å². The van der Waals surface area contributed by atoms with Crippen LogP contribution in [0.2, 0.25) is 0 Å². The largest absolute Gasteiger partial charge is 0.248 e. The molecule has 0 amide bonds. The Hall–Kier alpha value is -0.920. The fraction of sp³-hybridized carbons (Fsp3) is 0.538. The second kappa shape index (κ2) is 3.58. The van der Waals surface area contributed by atoms with Crippen molar-refractivity contribution in [3.05, 3.63) is 34.9 Å². The quantitative estimate of drug-likeness (QED) is 0.651. The molecule has 15 heavy (non-hydrogen) atoms. The lowest BCUT2D eigenvalue weighted by Crippen LogP contribution is -2.09. The predicted octanol–water partition coefficient (Wildman–Crippen LogP) is 4.21. The number of benzene rings is 1. The summed E-state index contributed by atoms with van der Waals surface area (Å²) >= 11 is 0. The third-order valence-electron chi connectivity index (χ3n) is 3.28. The van der Waals surface area contributed by atoms with Gasteiger partial charge in [-0.15, -0.1) is 0 Å². The number of hydrogen-bond donors (Lipinski definition) is 0. The molecule has 1 aromatic carbocycles. The van der Waals surface area contributed by atoms with Crippen LogP contribution < -0.4 is 0 Å². The average molecular weight is 210 g/mol. The smallest absolute Gasteiger partial charge is 0.207 e. The highest BCUT2D eigenvalue weighted by molar-refractivity contribution is 5.34. The van der Waals surface area contributed by atoms with Crippen molar-refractivity contribution >= 4 is 0 Å². The molecule has 0 aliphatic heterocycles. The van der Waals surface area contributed by atoms with Gasteiger partial charge in [0, 0.05) is 12.8 Å². The molecule has 0 aromatic heterocycles. The van der Waals surface area contributed by atoms with Crippen LogP contribution in [-0.4, -0.2) is 5.92 Å². The highest BCUT2D eigenvalue weighted by Gasteiger charge is 2.40. The van der Waals surface area contributed by atoms with Crippen molar-refractivity contribution in [1.82, 2.24) is 0 Å². The molecular formula is C13H16F2. The summed E-state index contributed by atoms with van der Waals surface area (Å²) in [4.78, 5) is 0. The van der Waals surface area contributed by atoms with E-state index in [0.29, 0.717) is 6.42 Å². The molecule has 2 heteroatoms. The Balaban J connectivity index is 2.27. The number of alkyl halides is 2. The lowest BCUT2D eigenvalue weighted by molar-refractivity contribution is 0.00775. The monoisotopic (exact) mass is 210 g/mol. The van der Waals surface area contributed by atoms with E-state index in [2.05, 4.69) is 6.07 Å². The van der Waals surface area contributed by atoms with Crippen LogP contribution in [0.15, 0.2) is 18.2 Å². The third kappa shape index (κ3) is 2.19. The molecule has 82 valence electrons. The van der Waals surface area contributed by atoms with Gasteiger partial charge < -0.3 is 0 Å². The van der Waals surface area contributed by atoms with Crippen molar-refractivity contribution in [2.45, 2.75) is 45.0 Å². The molecule has 1 fully saturated rings. The summed E-state index contributed by atoms with van der Waals surface area (Å²) in [7, 11) is 0. The molecule has 0 spiro atoms. The topological polar surface area (TPSA) is 0 Å². The summed E-state index contributed by atoms with van der Waals surface area (Å²) in [6.45, 7) is 4.02. The van der Waals surface area contributed by atoms with Crippen LogP contribution in [0.1, 0.15) is 41.9 Å². The zero-order valence-electron chi connectivity index (χ0n) is 9.19. The zero-order chi connectivity index (χ0) is 11.1. The summed E-state index contributed by atoms with van der Waals surface area (Å²) < 4.78 is 26.2. The highest BCUT2D eigenvalue weighted by Crippen LogP contribution is 2.44. The molecule has 0 radical (unpaired) electrons. The van der Waals surface area contributed by atoms with Crippen molar-refractivity contribution < 1.29 is 8.78 Å². The first-order chi connectivity index (χ1) is 6.98. The molecule has 1 atom stereocenters. The molecule has 1 aliphatic rings. The van der Waals surface area contributed by atoms with Gasteiger partial charge in [-0.3, -0.25) is 0 Å². The van der Waals surface area contributed by atoms with E-state index in [1.54, 1.807) is 0 Å². The van der Waals surface area contributed by atoms with E-state index in [1.165, 1.54) is 0 Å². The van der Waals surface area contributed by atoms with Gasteiger partial charge in [-0.25, -0.2) is 8.78 Å². The fourth-order valence-corrected chi connectivity index (χ4v) is 2.42. The second-order valence-electron chi connectivity index (χ2n) is 4.66. The Bertz CT molecular complexity index is 369. The van der Waals surface area contributed by atoms with Crippen LogP contribution in [0.25, 0.3) is 0 Å². The first-order valence-electron chi connectivity index (χ1n) is 5.43. The van der Waals surface area contributed by atoms with Crippen molar-refractivity contribution in [1.29, 1.82) is 0 Å². The minimum absolute atomic E-state index is 0.0251. The summed E-state index contributed by atoms with van der Waals surface area (Å²) in [6, 6.07) is 6.12. The number of hydrogen-bond acceptors (Lipinski definition) is 0. The van der Waals surface area contributed by atoms with Crippen molar-refractivity contribution in [3.8, 4) is 0 Å². The normalized spacial score (nSPS) is 24.4. The van der Waals surface area contributed by atoms with E-state index in [4.69, 9.17) is 0 Å². The molecule has 1 aliphatic carbocycles. The maximum atomic E-state index is 13.1. The zero-order valence-corrected chi connectivity index (χ0v) is 9.19. The molecule has 1 aromatic rings. The van der Waals surface area contributed by atoms with Gasteiger partial charge in [0.15, 0.2) is 0 Å². The second-order valence-corrected chi connectivity index (χ2v) is 4.66.